The minimum Gasteiger partial charge on any atom is -0.314 e. The van der Waals surface area contributed by atoms with Gasteiger partial charge in [-0.3, -0.25) is 4.90 Å². The first-order chi connectivity index (χ1) is 8.40. The van der Waals surface area contributed by atoms with E-state index in [-0.39, 0.29) is 12.4 Å². The van der Waals surface area contributed by atoms with E-state index in [9.17, 15) is 0 Å². The summed E-state index contributed by atoms with van der Waals surface area (Å²) in [5, 5.41) is 7.05. The van der Waals surface area contributed by atoms with E-state index in [1.807, 2.05) is 6.20 Å². The van der Waals surface area contributed by atoms with Crippen LogP contribution in [0, 0.1) is 5.92 Å². The van der Waals surface area contributed by atoms with Gasteiger partial charge in [0.1, 0.15) is 5.01 Å². The highest BCUT2D eigenvalue weighted by molar-refractivity contribution is 7.09. The molecule has 102 valence electrons. The molecular weight excluding hydrogens is 266 g/mol. The van der Waals surface area contributed by atoms with E-state index in [0.29, 0.717) is 0 Å². The molecule has 3 nitrogen and oxygen atoms in total. The lowest BCUT2D eigenvalue weighted by atomic mass is 10.0. The van der Waals surface area contributed by atoms with Gasteiger partial charge in [-0.2, -0.15) is 0 Å². The SMILES string of the molecule is Cl.c1csc(CN2CCC(NCC3CC3)CC2)n1. The normalized spacial score (nSPS) is 21.8. The van der Waals surface area contributed by atoms with Crippen molar-refractivity contribution in [2.45, 2.75) is 38.3 Å². The number of hydrogen-bond acceptors (Lipinski definition) is 4. The molecule has 0 radical (unpaired) electrons. The third kappa shape index (κ3) is 4.19. The van der Waals surface area contributed by atoms with E-state index in [2.05, 4.69) is 20.6 Å². The van der Waals surface area contributed by atoms with E-state index in [4.69, 9.17) is 0 Å². The van der Waals surface area contributed by atoms with Gasteiger partial charge in [0.2, 0.25) is 0 Å². The Labute approximate surface area is 119 Å². The summed E-state index contributed by atoms with van der Waals surface area (Å²) in [5.74, 6) is 1.00. The Morgan fingerprint density at radius 3 is 2.67 bits per heavy atom. The molecule has 2 aliphatic rings. The van der Waals surface area contributed by atoms with Crippen LogP contribution in [0.15, 0.2) is 11.6 Å². The smallest absolute Gasteiger partial charge is 0.107 e. The number of thiazole rings is 1. The Morgan fingerprint density at radius 2 is 2.06 bits per heavy atom. The molecule has 1 N–H and O–H groups in total. The molecule has 5 heteroatoms. The van der Waals surface area contributed by atoms with Crippen LogP contribution in [0.25, 0.3) is 0 Å². The summed E-state index contributed by atoms with van der Waals surface area (Å²) < 4.78 is 0. The van der Waals surface area contributed by atoms with Crippen LogP contribution >= 0.6 is 23.7 Å². The number of piperidine rings is 1. The predicted molar refractivity (Wildman–Crippen MR) is 78.4 cm³/mol. The average Bonchev–Trinajstić information content (AvgIpc) is 3.05. The summed E-state index contributed by atoms with van der Waals surface area (Å²) in [7, 11) is 0. The largest absolute Gasteiger partial charge is 0.314 e. The van der Waals surface area contributed by atoms with Crippen molar-refractivity contribution in [1.82, 2.24) is 15.2 Å². The van der Waals surface area contributed by atoms with Crippen molar-refractivity contribution in [2.24, 2.45) is 5.92 Å². The van der Waals surface area contributed by atoms with Gasteiger partial charge in [-0.05, 0) is 38.1 Å². The highest BCUT2D eigenvalue weighted by Gasteiger charge is 2.24. The molecule has 3 rings (SSSR count). The van der Waals surface area contributed by atoms with Crippen molar-refractivity contribution < 1.29 is 0 Å². The molecule has 2 fully saturated rings. The second-order valence-corrected chi connectivity index (χ2v) is 6.31. The lowest BCUT2D eigenvalue weighted by molar-refractivity contribution is 0.190. The van der Waals surface area contributed by atoms with Crippen molar-refractivity contribution in [1.29, 1.82) is 0 Å². The molecule has 1 saturated heterocycles. The Kier molecular flexibility index (Phi) is 5.42. The lowest BCUT2D eigenvalue weighted by Gasteiger charge is -2.31. The molecule has 2 heterocycles. The maximum atomic E-state index is 4.36. The van der Waals surface area contributed by atoms with Crippen LogP contribution in [-0.4, -0.2) is 35.6 Å². The van der Waals surface area contributed by atoms with Gasteiger partial charge in [0.15, 0.2) is 0 Å². The van der Waals surface area contributed by atoms with Crippen LogP contribution in [0.3, 0.4) is 0 Å². The van der Waals surface area contributed by atoms with Crippen LogP contribution < -0.4 is 5.32 Å². The highest BCUT2D eigenvalue weighted by Crippen LogP contribution is 2.28. The fourth-order valence-electron chi connectivity index (χ4n) is 2.47. The molecule has 18 heavy (non-hydrogen) atoms. The Hall–Kier alpha value is -0.160. The van der Waals surface area contributed by atoms with Gasteiger partial charge in [0.25, 0.3) is 0 Å². The van der Waals surface area contributed by atoms with E-state index in [1.54, 1.807) is 11.3 Å². The number of hydrogen-bond donors (Lipinski definition) is 1. The van der Waals surface area contributed by atoms with Crippen molar-refractivity contribution >= 4 is 23.7 Å². The summed E-state index contributed by atoms with van der Waals surface area (Å²) in [6.45, 7) is 4.76. The quantitative estimate of drug-likeness (QED) is 0.902. The summed E-state index contributed by atoms with van der Waals surface area (Å²) in [6.07, 6.45) is 7.42. The molecular formula is C13H22ClN3S. The number of nitrogens with zero attached hydrogens (tertiary/aromatic N) is 2. The van der Waals surface area contributed by atoms with Gasteiger partial charge in [0.05, 0.1) is 6.54 Å². The zero-order valence-electron chi connectivity index (χ0n) is 10.7. The monoisotopic (exact) mass is 287 g/mol. The van der Waals surface area contributed by atoms with Crippen molar-refractivity contribution in [2.75, 3.05) is 19.6 Å². The molecule has 1 aliphatic heterocycles. The van der Waals surface area contributed by atoms with Crippen LogP contribution in [-0.2, 0) is 6.54 Å². The third-order valence-corrected chi connectivity index (χ3v) is 4.59. The Morgan fingerprint density at radius 1 is 1.28 bits per heavy atom. The summed E-state index contributed by atoms with van der Waals surface area (Å²) in [5.41, 5.74) is 0. The minimum atomic E-state index is 0. The molecule has 0 amide bonds. The maximum Gasteiger partial charge on any atom is 0.107 e. The summed E-state index contributed by atoms with van der Waals surface area (Å²) in [6, 6.07) is 0.767. The number of nitrogens with one attached hydrogen (secondary N) is 1. The van der Waals surface area contributed by atoms with Gasteiger partial charge >= 0.3 is 0 Å². The van der Waals surface area contributed by atoms with E-state index in [1.165, 1.54) is 50.3 Å². The number of rotatable bonds is 5. The molecule has 0 atom stereocenters. The number of aromatic nitrogens is 1. The number of halogens is 1. The lowest BCUT2D eigenvalue weighted by Crippen LogP contribution is -2.42. The van der Waals surface area contributed by atoms with E-state index < -0.39 is 0 Å². The number of likely N-dealkylation sites (tertiary alicyclic amines) is 1. The van der Waals surface area contributed by atoms with Gasteiger partial charge in [-0.15, -0.1) is 23.7 Å². The molecule has 0 aromatic carbocycles. The highest BCUT2D eigenvalue weighted by atomic mass is 35.5. The molecule has 1 aliphatic carbocycles. The molecule has 0 unspecified atom stereocenters. The second kappa shape index (κ2) is 6.85. The van der Waals surface area contributed by atoms with Crippen LogP contribution in [0.2, 0.25) is 0 Å². The van der Waals surface area contributed by atoms with Crippen molar-refractivity contribution in [3.8, 4) is 0 Å². The fourth-order valence-corrected chi connectivity index (χ4v) is 3.13. The first kappa shape index (κ1) is 14.3. The predicted octanol–water partition coefficient (Wildman–Crippen LogP) is 2.53. The van der Waals surface area contributed by atoms with Gasteiger partial charge in [-0.25, -0.2) is 4.98 Å². The van der Waals surface area contributed by atoms with Crippen LogP contribution in [0.1, 0.15) is 30.7 Å². The van der Waals surface area contributed by atoms with Crippen LogP contribution in [0.4, 0.5) is 0 Å². The zero-order chi connectivity index (χ0) is 11.5. The fraction of sp³-hybridized carbons (Fsp3) is 0.769. The summed E-state index contributed by atoms with van der Waals surface area (Å²) >= 11 is 1.77. The molecule has 1 aromatic rings. The second-order valence-electron chi connectivity index (χ2n) is 5.33. The van der Waals surface area contributed by atoms with Gasteiger partial charge in [0, 0.05) is 30.7 Å². The van der Waals surface area contributed by atoms with Gasteiger partial charge < -0.3 is 5.32 Å². The topological polar surface area (TPSA) is 28.2 Å². The standard InChI is InChI=1S/C13H21N3S.ClH/c1-2-11(1)9-15-12-3-6-16(7-4-12)10-13-14-5-8-17-13;/h5,8,11-12,15H,1-4,6-7,9-10H2;1H. The average molecular weight is 288 g/mol. The minimum absolute atomic E-state index is 0. The van der Waals surface area contributed by atoms with E-state index >= 15 is 0 Å². The van der Waals surface area contributed by atoms with Gasteiger partial charge in [-0.1, -0.05) is 0 Å². The Bertz CT molecular complexity index is 332. The zero-order valence-corrected chi connectivity index (χ0v) is 12.3. The van der Waals surface area contributed by atoms with Crippen molar-refractivity contribution in [3.05, 3.63) is 16.6 Å². The van der Waals surface area contributed by atoms with Crippen LogP contribution in [0.5, 0.6) is 0 Å². The van der Waals surface area contributed by atoms with Crippen molar-refractivity contribution in [3.63, 3.8) is 0 Å². The summed E-state index contributed by atoms with van der Waals surface area (Å²) in [4.78, 5) is 6.89. The maximum absolute atomic E-state index is 4.36. The molecule has 1 saturated carbocycles. The molecule has 1 aromatic heterocycles. The van der Waals surface area contributed by atoms with E-state index in [0.717, 1.165) is 18.5 Å². The first-order valence-electron chi connectivity index (χ1n) is 6.74. The first-order valence-corrected chi connectivity index (χ1v) is 7.62. The molecule has 0 spiro atoms. The molecule has 0 bridgehead atoms. The Balaban J connectivity index is 0.00000120. The third-order valence-electron chi connectivity index (χ3n) is 3.82.